The van der Waals surface area contributed by atoms with Crippen LogP contribution < -0.4 is 10.3 Å². The number of ether oxygens (including phenoxy) is 1. The van der Waals surface area contributed by atoms with Crippen LogP contribution in [0.15, 0.2) is 81.1 Å². The second kappa shape index (κ2) is 9.87. The van der Waals surface area contributed by atoms with Crippen LogP contribution in [0.4, 0.5) is 4.39 Å². The lowest BCUT2D eigenvalue weighted by Crippen LogP contribution is -2.22. The van der Waals surface area contributed by atoms with Crippen LogP contribution in [0.1, 0.15) is 30.3 Å². The van der Waals surface area contributed by atoms with Gasteiger partial charge in [0.1, 0.15) is 24.0 Å². The molecule has 3 aromatic carbocycles. The molecule has 4 rings (SSSR count). The van der Waals surface area contributed by atoms with Crippen LogP contribution in [-0.4, -0.2) is 15.9 Å². The maximum Gasteiger partial charge on any atom is 0.282 e. The summed E-state index contributed by atoms with van der Waals surface area (Å²) in [6.07, 6.45) is 3.07. The molecular formula is C25H21BrFN3O2. The first-order valence-electron chi connectivity index (χ1n) is 10.3. The molecule has 0 aliphatic heterocycles. The second-order valence-corrected chi connectivity index (χ2v) is 8.17. The Morgan fingerprint density at radius 3 is 2.78 bits per heavy atom. The van der Waals surface area contributed by atoms with Gasteiger partial charge in [0, 0.05) is 16.5 Å². The molecule has 0 saturated carbocycles. The SMILES string of the molecule is CCCc1nc2ccc(Br)cc2c(=O)n1N=Cc1cccc(OCc2ccccc2F)c1. The monoisotopic (exact) mass is 493 g/mol. The van der Waals surface area contributed by atoms with E-state index in [1.54, 1.807) is 42.6 Å². The largest absolute Gasteiger partial charge is 0.489 e. The van der Waals surface area contributed by atoms with Crippen molar-refractivity contribution in [1.82, 2.24) is 9.66 Å². The summed E-state index contributed by atoms with van der Waals surface area (Å²) in [6, 6.07) is 19.2. The lowest BCUT2D eigenvalue weighted by Gasteiger charge is -2.09. The number of hydrogen-bond acceptors (Lipinski definition) is 4. The summed E-state index contributed by atoms with van der Waals surface area (Å²) in [6.45, 7) is 2.15. The van der Waals surface area contributed by atoms with E-state index in [0.29, 0.717) is 34.5 Å². The fourth-order valence-corrected chi connectivity index (χ4v) is 3.65. The zero-order valence-corrected chi connectivity index (χ0v) is 19.0. The minimum absolute atomic E-state index is 0.122. The summed E-state index contributed by atoms with van der Waals surface area (Å²) in [7, 11) is 0. The van der Waals surface area contributed by atoms with Crippen molar-refractivity contribution in [3.8, 4) is 5.75 Å². The van der Waals surface area contributed by atoms with Gasteiger partial charge in [-0.3, -0.25) is 4.79 Å². The molecule has 0 saturated heterocycles. The minimum Gasteiger partial charge on any atom is -0.489 e. The third kappa shape index (κ3) is 4.94. The van der Waals surface area contributed by atoms with Crippen molar-refractivity contribution in [2.24, 2.45) is 5.10 Å². The molecule has 7 heteroatoms. The number of hydrogen-bond donors (Lipinski definition) is 0. The summed E-state index contributed by atoms with van der Waals surface area (Å²) in [4.78, 5) is 17.7. The number of benzene rings is 3. The van der Waals surface area contributed by atoms with Gasteiger partial charge >= 0.3 is 0 Å². The van der Waals surface area contributed by atoms with E-state index >= 15 is 0 Å². The Bertz CT molecular complexity index is 1350. The zero-order valence-electron chi connectivity index (χ0n) is 17.5. The van der Waals surface area contributed by atoms with Gasteiger partial charge < -0.3 is 4.74 Å². The van der Waals surface area contributed by atoms with E-state index in [9.17, 15) is 9.18 Å². The third-order valence-corrected chi connectivity index (χ3v) is 5.37. The van der Waals surface area contributed by atoms with Crippen molar-refractivity contribution in [3.05, 3.63) is 104 Å². The van der Waals surface area contributed by atoms with E-state index in [4.69, 9.17) is 4.74 Å². The van der Waals surface area contributed by atoms with Crippen LogP contribution in [0.3, 0.4) is 0 Å². The van der Waals surface area contributed by atoms with Gasteiger partial charge in [0.2, 0.25) is 0 Å². The van der Waals surface area contributed by atoms with E-state index in [1.165, 1.54) is 10.7 Å². The van der Waals surface area contributed by atoms with Crippen molar-refractivity contribution >= 4 is 33.0 Å². The molecule has 162 valence electrons. The Hall–Kier alpha value is -3.32. The van der Waals surface area contributed by atoms with Crippen LogP contribution in [0.2, 0.25) is 0 Å². The smallest absolute Gasteiger partial charge is 0.282 e. The average molecular weight is 494 g/mol. The van der Waals surface area contributed by atoms with Crippen molar-refractivity contribution in [2.45, 2.75) is 26.4 Å². The molecule has 1 aromatic heterocycles. The molecule has 5 nitrogen and oxygen atoms in total. The second-order valence-electron chi connectivity index (χ2n) is 7.25. The Kier molecular flexibility index (Phi) is 6.75. The third-order valence-electron chi connectivity index (χ3n) is 4.88. The van der Waals surface area contributed by atoms with Gasteiger partial charge in [0.05, 0.1) is 17.1 Å². The average Bonchev–Trinajstić information content (AvgIpc) is 2.79. The molecule has 0 amide bonds. The molecule has 1 heterocycles. The fourth-order valence-electron chi connectivity index (χ4n) is 3.28. The van der Waals surface area contributed by atoms with E-state index in [2.05, 4.69) is 26.0 Å². The number of fused-ring (bicyclic) bond motifs is 1. The number of nitrogens with zero attached hydrogens (tertiary/aromatic N) is 3. The van der Waals surface area contributed by atoms with Gasteiger partial charge in [0.15, 0.2) is 0 Å². The first kappa shape index (κ1) is 21.9. The molecule has 0 bridgehead atoms. The number of halogens is 2. The minimum atomic E-state index is -0.302. The number of aromatic nitrogens is 2. The van der Waals surface area contributed by atoms with Crippen molar-refractivity contribution in [1.29, 1.82) is 0 Å². The number of rotatable bonds is 7. The molecule has 0 unspecified atom stereocenters. The normalized spacial score (nSPS) is 11.3. The molecule has 0 radical (unpaired) electrons. The van der Waals surface area contributed by atoms with Crippen molar-refractivity contribution in [2.75, 3.05) is 0 Å². The summed E-state index contributed by atoms with van der Waals surface area (Å²) in [5.41, 5.74) is 1.66. The fraction of sp³-hybridized carbons (Fsp3) is 0.160. The van der Waals surface area contributed by atoms with Crippen LogP contribution in [0, 0.1) is 5.82 Å². The molecule has 0 aliphatic rings. The summed E-state index contributed by atoms with van der Waals surface area (Å²) in [5.74, 6) is 0.887. The molecule has 4 aromatic rings. The standard InChI is InChI=1S/C25H21BrFN3O2/c1-2-6-24-29-23-12-11-19(26)14-21(23)25(31)30(24)28-15-17-7-5-9-20(13-17)32-16-18-8-3-4-10-22(18)27/h3-5,7-15H,2,6,16H2,1H3. The van der Waals surface area contributed by atoms with E-state index in [-0.39, 0.29) is 18.0 Å². The number of aryl methyl sites for hydroxylation is 1. The zero-order chi connectivity index (χ0) is 22.5. The summed E-state index contributed by atoms with van der Waals surface area (Å²) < 4.78 is 21.7. The maximum absolute atomic E-state index is 13.8. The topological polar surface area (TPSA) is 56.5 Å². The Morgan fingerprint density at radius 2 is 1.97 bits per heavy atom. The highest BCUT2D eigenvalue weighted by Gasteiger charge is 2.10. The van der Waals surface area contributed by atoms with Crippen LogP contribution in [-0.2, 0) is 13.0 Å². The first-order chi connectivity index (χ1) is 15.5. The molecule has 0 fully saturated rings. The van der Waals surface area contributed by atoms with Crippen LogP contribution in [0.25, 0.3) is 10.9 Å². The van der Waals surface area contributed by atoms with Gasteiger partial charge in [-0.15, -0.1) is 0 Å². The van der Waals surface area contributed by atoms with Gasteiger partial charge in [-0.1, -0.05) is 53.2 Å². The first-order valence-corrected chi connectivity index (χ1v) is 11.1. The summed E-state index contributed by atoms with van der Waals surface area (Å²) in [5, 5.41) is 4.93. The van der Waals surface area contributed by atoms with E-state index in [1.807, 2.05) is 31.2 Å². The Balaban J connectivity index is 1.62. The molecule has 0 aliphatic carbocycles. The molecular weight excluding hydrogens is 473 g/mol. The van der Waals surface area contributed by atoms with E-state index in [0.717, 1.165) is 16.5 Å². The Labute approximate surface area is 193 Å². The highest BCUT2D eigenvalue weighted by atomic mass is 79.9. The summed E-state index contributed by atoms with van der Waals surface area (Å²) >= 11 is 3.41. The maximum atomic E-state index is 13.8. The highest BCUT2D eigenvalue weighted by Crippen LogP contribution is 2.18. The Morgan fingerprint density at radius 1 is 1.12 bits per heavy atom. The lowest BCUT2D eigenvalue weighted by atomic mass is 10.2. The molecule has 0 N–H and O–H groups in total. The van der Waals surface area contributed by atoms with Crippen LogP contribution >= 0.6 is 15.9 Å². The van der Waals surface area contributed by atoms with Gasteiger partial charge in [-0.05, 0) is 48.4 Å². The quantitative estimate of drug-likeness (QED) is 0.309. The lowest BCUT2D eigenvalue weighted by molar-refractivity contribution is 0.300. The van der Waals surface area contributed by atoms with Crippen LogP contribution in [0.5, 0.6) is 5.75 Å². The van der Waals surface area contributed by atoms with Crippen molar-refractivity contribution < 1.29 is 9.13 Å². The predicted molar refractivity (Wildman–Crippen MR) is 128 cm³/mol. The molecule has 0 spiro atoms. The molecule has 32 heavy (non-hydrogen) atoms. The van der Waals surface area contributed by atoms with E-state index < -0.39 is 0 Å². The predicted octanol–water partition coefficient (Wildman–Crippen LogP) is 5.71. The van der Waals surface area contributed by atoms with Crippen molar-refractivity contribution in [3.63, 3.8) is 0 Å². The van der Waals surface area contributed by atoms with Gasteiger partial charge in [-0.2, -0.15) is 9.78 Å². The van der Waals surface area contributed by atoms with Gasteiger partial charge in [-0.25, -0.2) is 9.37 Å². The molecule has 0 atom stereocenters. The highest BCUT2D eigenvalue weighted by molar-refractivity contribution is 9.10. The van der Waals surface area contributed by atoms with Gasteiger partial charge in [0.25, 0.3) is 5.56 Å².